The summed E-state index contributed by atoms with van der Waals surface area (Å²) >= 11 is 0. The lowest BCUT2D eigenvalue weighted by Gasteiger charge is -2.21. The minimum absolute atomic E-state index is 0.0934. The number of rotatable bonds is 8. The summed E-state index contributed by atoms with van der Waals surface area (Å²) in [6.07, 6.45) is 8.07. The molecule has 1 aliphatic rings. The number of ether oxygens (including phenoxy) is 1. The van der Waals surface area contributed by atoms with Gasteiger partial charge in [0.25, 0.3) is 0 Å². The zero-order chi connectivity index (χ0) is 16.9. The van der Waals surface area contributed by atoms with E-state index in [0.717, 1.165) is 12.8 Å². The summed E-state index contributed by atoms with van der Waals surface area (Å²) in [6, 6.07) is 4.98. The van der Waals surface area contributed by atoms with Gasteiger partial charge in [0.2, 0.25) is 0 Å². The first-order valence-corrected chi connectivity index (χ1v) is 10.8. The van der Waals surface area contributed by atoms with Crippen molar-refractivity contribution in [2.24, 2.45) is 5.92 Å². The lowest BCUT2D eigenvalue weighted by molar-refractivity contribution is 0.246. The average molecular weight is 340 g/mol. The second-order valence-corrected chi connectivity index (χ2v) is 9.84. The molecule has 0 aliphatic carbocycles. The summed E-state index contributed by atoms with van der Waals surface area (Å²) < 4.78 is 18.2. The Labute approximate surface area is 139 Å². The predicted octanol–water partition coefficient (Wildman–Crippen LogP) is 4.75. The van der Waals surface area contributed by atoms with Crippen molar-refractivity contribution in [2.75, 3.05) is 19.4 Å². The minimum Gasteiger partial charge on any atom is -0.504 e. The maximum atomic E-state index is 13.2. The van der Waals surface area contributed by atoms with E-state index in [9.17, 15) is 14.8 Å². The molecular formula is C18H29O4P. The molecule has 3 atom stereocenters. The molecule has 1 fully saturated rings. The molecule has 1 aromatic carbocycles. The maximum absolute atomic E-state index is 13.2. The topological polar surface area (TPSA) is 66.8 Å². The number of aliphatic hydroxyl groups is 1. The van der Waals surface area contributed by atoms with Crippen molar-refractivity contribution in [3.05, 3.63) is 23.8 Å². The van der Waals surface area contributed by atoms with Gasteiger partial charge in [-0.3, -0.25) is 0 Å². The lowest BCUT2D eigenvalue weighted by atomic mass is 10.0. The van der Waals surface area contributed by atoms with Crippen molar-refractivity contribution in [1.29, 1.82) is 0 Å². The molecule has 3 unspecified atom stereocenters. The van der Waals surface area contributed by atoms with E-state index in [4.69, 9.17) is 4.74 Å². The molecule has 130 valence electrons. The van der Waals surface area contributed by atoms with Gasteiger partial charge < -0.3 is 19.5 Å². The van der Waals surface area contributed by atoms with Crippen molar-refractivity contribution in [1.82, 2.24) is 0 Å². The standard InChI is InChI=1S/C18H29O4P/c1-3-4-5-6-8-14-11-12-23(21,13-14)18(20)15-9-7-10-16(22-2)17(15)19/h7,9-10,14,18-20H,3-6,8,11-13H2,1-2H3. The fourth-order valence-corrected chi connectivity index (χ4v) is 6.89. The Morgan fingerprint density at radius 3 is 2.83 bits per heavy atom. The van der Waals surface area contributed by atoms with Gasteiger partial charge in [0, 0.05) is 17.9 Å². The van der Waals surface area contributed by atoms with Gasteiger partial charge in [-0.05, 0) is 24.8 Å². The molecule has 0 amide bonds. The third-order valence-electron chi connectivity index (χ3n) is 4.92. The average Bonchev–Trinajstić information content (AvgIpc) is 2.94. The number of aromatic hydroxyl groups is 1. The van der Waals surface area contributed by atoms with Crippen LogP contribution in [0.2, 0.25) is 0 Å². The van der Waals surface area contributed by atoms with Crippen LogP contribution in [0.1, 0.15) is 56.9 Å². The molecule has 0 radical (unpaired) electrons. The van der Waals surface area contributed by atoms with E-state index in [1.165, 1.54) is 32.8 Å². The summed E-state index contributed by atoms with van der Waals surface area (Å²) in [7, 11) is -1.24. The normalized spacial score (nSPS) is 25.4. The maximum Gasteiger partial charge on any atom is 0.164 e. The monoisotopic (exact) mass is 340 g/mol. The number of hydrogen-bond acceptors (Lipinski definition) is 4. The number of methoxy groups -OCH3 is 1. The van der Waals surface area contributed by atoms with Crippen LogP contribution in [0.5, 0.6) is 11.5 Å². The molecule has 1 aromatic rings. The van der Waals surface area contributed by atoms with Crippen LogP contribution in [0, 0.1) is 5.92 Å². The highest BCUT2D eigenvalue weighted by atomic mass is 31.2. The molecule has 23 heavy (non-hydrogen) atoms. The Morgan fingerprint density at radius 1 is 1.35 bits per heavy atom. The van der Waals surface area contributed by atoms with E-state index in [-0.39, 0.29) is 5.75 Å². The second-order valence-electron chi connectivity index (χ2n) is 6.63. The second kappa shape index (κ2) is 8.21. The van der Waals surface area contributed by atoms with Gasteiger partial charge in [-0.15, -0.1) is 0 Å². The van der Waals surface area contributed by atoms with Crippen molar-refractivity contribution < 1.29 is 19.5 Å². The fourth-order valence-electron chi connectivity index (χ4n) is 3.50. The van der Waals surface area contributed by atoms with Crippen molar-refractivity contribution in [2.45, 2.75) is 51.3 Å². The quantitative estimate of drug-likeness (QED) is 0.529. The largest absolute Gasteiger partial charge is 0.504 e. The highest BCUT2D eigenvalue weighted by molar-refractivity contribution is 7.64. The number of hydrogen-bond donors (Lipinski definition) is 2. The molecule has 2 rings (SSSR count). The first-order chi connectivity index (χ1) is 11.0. The number of unbranched alkanes of at least 4 members (excludes halogenated alkanes) is 3. The Bertz CT molecular complexity index is 558. The lowest BCUT2D eigenvalue weighted by Crippen LogP contribution is -2.04. The number of para-hydroxylation sites is 1. The van der Waals surface area contributed by atoms with Crippen LogP contribution in [0.15, 0.2) is 18.2 Å². The highest BCUT2D eigenvalue weighted by Gasteiger charge is 2.41. The van der Waals surface area contributed by atoms with E-state index < -0.39 is 13.0 Å². The van der Waals surface area contributed by atoms with Gasteiger partial charge in [0.1, 0.15) is 13.0 Å². The van der Waals surface area contributed by atoms with Gasteiger partial charge in [0.15, 0.2) is 11.5 Å². The Morgan fingerprint density at radius 2 is 2.13 bits per heavy atom. The Hall–Kier alpha value is -0.990. The summed E-state index contributed by atoms with van der Waals surface area (Å²) in [5, 5.41) is 20.8. The molecule has 0 spiro atoms. The van der Waals surface area contributed by atoms with Gasteiger partial charge in [-0.1, -0.05) is 44.7 Å². The zero-order valence-corrected chi connectivity index (χ0v) is 15.1. The summed E-state index contributed by atoms with van der Waals surface area (Å²) in [4.78, 5) is 0. The van der Waals surface area contributed by atoms with Crippen LogP contribution in [-0.4, -0.2) is 29.6 Å². The van der Waals surface area contributed by atoms with Crippen LogP contribution in [0.3, 0.4) is 0 Å². The predicted molar refractivity (Wildman–Crippen MR) is 93.8 cm³/mol. The summed E-state index contributed by atoms with van der Waals surface area (Å²) in [5.74, 6) is -0.425. The molecule has 1 saturated heterocycles. The molecule has 0 aromatic heterocycles. The van der Waals surface area contributed by atoms with Crippen LogP contribution >= 0.6 is 7.14 Å². The van der Waals surface area contributed by atoms with Crippen molar-refractivity contribution in [3.8, 4) is 11.5 Å². The first kappa shape index (κ1) is 18.4. The van der Waals surface area contributed by atoms with E-state index in [1.807, 2.05) is 0 Å². The third-order valence-corrected chi connectivity index (χ3v) is 8.24. The number of phenols is 1. The fraction of sp³-hybridized carbons (Fsp3) is 0.667. The van der Waals surface area contributed by atoms with Crippen LogP contribution in [0.25, 0.3) is 0 Å². The molecule has 1 aliphatic heterocycles. The Kier molecular flexibility index (Phi) is 6.55. The summed E-state index contributed by atoms with van der Waals surface area (Å²) in [6.45, 7) is 2.20. The van der Waals surface area contributed by atoms with Crippen molar-refractivity contribution in [3.63, 3.8) is 0 Å². The summed E-state index contributed by atoms with van der Waals surface area (Å²) in [5.41, 5.74) is 0.333. The smallest absolute Gasteiger partial charge is 0.164 e. The van der Waals surface area contributed by atoms with Gasteiger partial charge in [-0.25, -0.2) is 0 Å². The number of benzene rings is 1. The molecule has 2 N–H and O–H groups in total. The van der Waals surface area contributed by atoms with E-state index in [2.05, 4.69) is 6.92 Å². The van der Waals surface area contributed by atoms with E-state index in [0.29, 0.717) is 29.6 Å². The van der Waals surface area contributed by atoms with Crippen LogP contribution < -0.4 is 4.74 Å². The van der Waals surface area contributed by atoms with Gasteiger partial charge in [-0.2, -0.15) is 0 Å². The number of phenolic OH excluding ortho intramolecular Hbond substituents is 1. The van der Waals surface area contributed by atoms with E-state index >= 15 is 0 Å². The van der Waals surface area contributed by atoms with Crippen molar-refractivity contribution >= 4 is 7.14 Å². The highest BCUT2D eigenvalue weighted by Crippen LogP contribution is 2.65. The molecule has 0 bridgehead atoms. The molecule has 5 heteroatoms. The van der Waals surface area contributed by atoms with Gasteiger partial charge >= 0.3 is 0 Å². The molecule has 4 nitrogen and oxygen atoms in total. The molecular weight excluding hydrogens is 311 g/mol. The SMILES string of the molecule is CCCCCCC1CCP(=O)(C(O)c2cccc(OC)c2O)C1. The number of aliphatic hydroxyl groups excluding tert-OH is 1. The first-order valence-electron chi connectivity index (χ1n) is 8.63. The minimum atomic E-state index is -2.71. The van der Waals surface area contributed by atoms with E-state index in [1.54, 1.807) is 18.2 Å². The third kappa shape index (κ3) is 4.30. The Balaban J connectivity index is 2.02. The van der Waals surface area contributed by atoms with Gasteiger partial charge in [0.05, 0.1) is 7.11 Å². The molecule has 1 heterocycles. The van der Waals surface area contributed by atoms with Crippen LogP contribution in [-0.2, 0) is 4.57 Å². The molecule has 0 saturated carbocycles. The zero-order valence-electron chi connectivity index (χ0n) is 14.2. The van der Waals surface area contributed by atoms with Crippen LogP contribution in [0.4, 0.5) is 0 Å².